The summed E-state index contributed by atoms with van der Waals surface area (Å²) in [6, 6.07) is 6.14. The van der Waals surface area contributed by atoms with Gasteiger partial charge in [-0.3, -0.25) is 9.59 Å². The van der Waals surface area contributed by atoms with Gasteiger partial charge in [-0.15, -0.1) is 10.2 Å². The smallest absolute Gasteiger partial charge is 0.227 e. The number of rotatable bonds is 3. The fraction of sp³-hybridized carbons (Fsp3) is 0.375. The molecule has 1 aromatic carbocycles. The summed E-state index contributed by atoms with van der Waals surface area (Å²) < 4.78 is 0. The summed E-state index contributed by atoms with van der Waals surface area (Å²) >= 11 is 1.33. The molecule has 1 saturated heterocycles. The Balaban J connectivity index is 1.79. The molecular weight excluding hydrogens is 312 g/mol. The number of amides is 2. The molecule has 1 fully saturated rings. The zero-order valence-corrected chi connectivity index (χ0v) is 14.1. The van der Waals surface area contributed by atoms with Crippen molar-refractivity contribution in [2.75, 3.05) is 16.8 Å². The lowest BCUT2D eigenvalue weighted by Gasteiger charge is -2.17. The van der Waals surface area contributed by atoms with E-state index in [0.717, 1.165) is 21.8 Å². The number of nitrogens with zero attached hydrogens (tertiary/aromatic N) is 3. The maximum absolute atomic E-state index is 12.4. The van der Waals surface area contributed by atoms with E-state index in [-0.39, 0.29) is 17.7 Å². The zero-order chi connectivity index (χ0) is 16.6. The van der Waals surface area contributed by atoms with E-state index in [4.69, 9.17) is 0 Å². The van der Waals surface area contributed by atoms with Gasteiger partial charge in [0.25, 0.3) is 0 Å². The highest BCUT2D eigenvalue weighted by molar-refractivity contribution is 7.15. The zero-order valence-electron chi connectivity index (χ0n) is 13.3. The molecule has 2 aromatic rings. The fourth-order valence-electron chi connectivity index (χ4n) is 2.83. The van der Waals surface area contributed by atoms with Crippen LogP contribution < -0.4 is 10.2 Å². The molecule has 0 radical (unpaired) electrons. The second kappa shape index (κ2) is 6.08. The van der Waals surface area contributed by atoms with Crippen molar-refractivity contribution in [2.45, 2.75) is 33.1 Å². The molecule has 2 heterocycles. The number of aromatic nitrogens is 2. The molecule has 120 valence electrons. The van der Waals surface area contributed by atoms with Gasteiger partial charge in [-0.2, -0.15) is 0 Å². The summed E-state index contributed by atoms with van der Waals surface area (Å²) in [5.74, 6) is -0.0633. The van der Waals surface area contributed by atoms with E-state index in [2.05, 4.69) is 21.6 Å². The summed E-state index contributed by atoms with van der Waals surface area (Å²) in [6.07, 6.45) is 0.418. The van der Waals surface area contributed by atoms with Crippen molar-refractivity contribution in [1.29, 1.82) is 0 Å². The van der Waals surface area contributed by atoms with Crippen LogP contribution in [0.5, 0.6) is 0 Å². The van der Waals surface area contributed by atoms with E-state index in [0.29, 0.717) is 18.1 Å². The first-order valence-electron chi connectivity index (χ1n) is 7.42. The van der Waals surface area contributed by atoms with Crippen molar-refractivity contribution in [2.24, 2.45) is 0 Å². The Labute approximate surface area is 138 Å². The van der Waals surface area contributed by atoms with Crippen LogP contribution in [0.4, 0.5) is 10.8 Å². The van der Waals surface area contributed by atoms with Crippen LogP contribution in [0.3, 0.4) is 0 Å². The van der Waals surface area contributed by atoms with E-state index in [1.807, 2.05) is 30.9 Å². The average Bonchev–Trinajstić information content (AvgIpc) is 3.03. The van der Waals surface area contributed by atoms with E-state index >= 15 is 0 Å². The highest BCUT2D eigenvalue weighted by Crippen LogP contribution is 2.34. The molecule has 1 aliphatic heterocycles. The Morgan fingerprint density at radius 2 is 1.96 bits per heavy atom. The van der Waals surface area contributed by atoms with Gasteiger partial charge in [-0.25, -0.2) is 0 Å². The number of hydrogen-bond acceptors (Lipinski definition) is 5. The van der Waals surface area contributed by atoms with Crippen LogP contribution in [0.15, 0.2) is 18.2 Å². The molecule has 1 aromatic heterocycles. The number of nitrogens with one attached hydrogen (secondary N) is 1. The van der Waals surface area contributed by atoms with E-state index in [9.17, 15) is 9.59 Å². The van der Waals surface area contributed by atoms with E-state index < -0.39 is 0 Å². The topological polar surface area (TPSA) is 75.2 Å². The average molecular weight is 330 g/mol. The van der Waals surface area contributed by atoms with Crippen molar-refractivity contribution < 1.29 is 9.59 Å². The van der Waals surface area contributed by atoms with Crippen LogP contribution in [0.25, 0.3) is 0 Å². The maximum atomic E-state index is 12.4. The predicted molar refractivity (Wildman–Crippen MR) is 89.8 cm³/mol. The Hall–Kier alpha value is -2.28. The third kappa shape index (κ3) is 3.39. The molecule has 23 heavy (non-hydrogen) atoms. The lowest BCUT2D eigenvalue weighted by Crippen LogP contribution is -2.24. The van der Waals surface area contributed by atoms with Crippen molar-refractivity contribution in [3.63, 3.8) is 0 Å². The number of carbonyl (C=O) groups is 2. The SMILES string of the molecule is CC(=O)Nc1nnc([C@@H]2CC(=O)N(c3cc(C)cc(C)c3)C2)s1. The van der Waals surface area contributed by atoms with Gasteiger partial charge in [0.05, 0.1) is 0 Å². The second-order valence-corrected chi connectivity index (χ2v) is 6.89. The molecule has 7 heteroatoms. The third-order valence-electron chi connectivity index (χ3n) is 3.72. The molecule has 0 spiro atoms. The minimum atomic E-state index is -0.174. The highest BCUT2D eigenvalue weighted by atomic mass is 32.1. The van der Waals surface area contributed by atoms with E-state index in [1.54, 1.807) is 0 Å². The fourth-order valence-corrected chi connectivity index (χ4v) is 3.71. The summed E-state index contributed by atoms with van der Waals surface area (Å²) in [6.45, 7) is 6.08. The molecule has 0 unspecified atom stereocenters. The van der Waals surface area contributed by atoms with Crippen LogP contribution in [0.1, 0.15) is 35.4 Å². The lowest BCUT2D eigenvalue weighted by molar-refractivity contribution is -0.117. The first kappa shape index (κ1) is 15.6. The molecule has 3 rings (SSSR count). The van der Waals surface area contributed by atoms with Crippen molar-refractivity contribution >= 4 is 34.0 Å². The van der Waals surface area contributed by atoms with Crippen molar-refractivity contribution in [1.82, 2.24) is 10.2 Å². The summed E-state index contributed by atoms with van der Waals surface area (Å²) in [5, 5.41) is 12.0. The number of carbonyl (C=O) groups excluding carboxylic acids is 2. The molecule has 1 N–H and O–H groups in total. The number of hydrogen-bond donors (Lipinski definition) is 1. The Morgan fingerprint density at radius 1 is 1.26 bits per heavy atom. The molecule has 6 nitrogen and oxygen atoms in total. The summed E-state index contributed by atoms with van der Waals surface area (Å²) in [4.78, 5) is 25.2. The molecular formula is C16H18N4O2S. The standard InChI is InChI=1S/C16H18N4O2S/c1-9-4-10(2)6-13(5-9)20-8-12(7-14(20)22)15-18-19-16(23-15)17-11(3)21/h4-6,12H,7-8H2,1-3H3,(H,17,19,21)/t12-/m1/s1. The van der Waals surface area contributed by atoms with Crippen LogP contribution >= 0.6 is 11.3 Å². The first-order valence-corrected chi connectivity index (χ1v) is 8.23. The molecule has 1 aliphatic rings. The molecule has 2 amide bonds. The van der Waals surface area contributed by atoms with Gasteiger partial charge >= 0.3 is 0 Å². The van der Waals surface area contributed by atoms with Crippen molar-refractivity contribution in [3.05, 3.63) is 34.3 Å². The first-order chi connectivity index (χ1) is 10.9. The van der Waals surface area contributed by atoms with Gasteiger partial charge in [-0.1, -0.05) is 17.4 Å². The maximum Gasteiger partial charge on any atom is 0.227 e. The van der Waals surface area contributed by atoms with Gasteiger partial charge < -0.3 is 10.2 Å². The van der Waals surface area contributed by atoms with Crippen molar-refractivity contribution in [3.8, 4) is 0 Å². The van der Waals surface area contributed by atoms with Gasteiger partial charge in [-0.05, 0) is 37.1 Å². The molecule has 0 saturated carbocycles. The van der Waals surface area contributed by atoms with E-state index in [1.165, 1.54) is 18.3 Å². The van der Waals surface area contributed by atoms with Gasteiger partial charge in [0.2, 0.25) is 16.9 Å². The quantitative estimate of drug-likeness (QED) is 0.939. The normalized spacial score (nSPS) is 17.6. The largest absolute Gasteiger partial charge is 0.312 e. The number of aryl methyl sites for hydroxylation is 2. The minimum Gasteiger partial charge on any atom is -0.312 e. The van der Waals surface area contributed by atoms with Crippen LogP contribution in [0.2, 0.25) is 0 Å². The second-order valence-electron chi connectivity index (χ2n) is 5.88. The Kier molecular flexibility index (Phi) is 4.12. The minimum absolute atomic E-state index is 0.0170. The van der Waals surface area contributed by atoms with Gasteiger partial charge in [0.1, 0.15) is 5.01 Å². The predicted octanol–water partition coefficient (Wildman–Crippen LogP) is 2.63. The molecule has 0 aliphatic carbocycles. The third-order valence-corrected chi connectivity index (χ3v) is 4.72. The Morgan fingerprint density at radius 3 is 2.61 bits per heavy atom. The molecule has 0 bridgehead atoms. The van der Waals surface area contributed by atoms with Gasteiger partial charge in [0, 0.05) is 31.5 Å². The molecule has 1 atom stereocenters. The highest BCUT2D eigenvalue weighted by Gasteiger charge is 2.34. The summed E-state index contributed by atoms with van der Waals surface area (Å²) in [7, 11) is 0. The Bertz CT molecular complexity index is 751. The number of benzene rings is 1. The number of anilines is 2. The van der Waals surface area contributed by atoms with Crippen LogP contribution in [0, 0.1) is 13.8 Å². The summed E-state index contributed by atoms with van der Waals surface area (Å²) in [5.41, 5.74) is 3.21. The lowest BCUT2D eigenvalue weighted by atomic mass is 10.1. The monoisotopic (exact) mass is 330 g/mol. The van der Waals surface area contributed by atoms with Crippen LogP contribution in [-0.2, 0) is 9.59 Å². The van der Waals surface area contributed by atoms with Gasteiger partial charge in [0.15, 0.2) is 0 Å². The van der Waals surface area contributed by atoms with Crippen LogP contribution in [-0.4, -0.2) is 28.6 Å².